The molecular weight excluding hydrogens is 283 g/mol. The third-order valence-corrected chi connectivity index (χ3v) is 3.54. The number of rotatable bonds is 3. The summed E-state index contributed by atoms with van der Waals surface area (Å²) >= 11 is 0. The number of piperidine rings is 1. The summed E-state index contributed by atoms with van der Waals surface area (Å²) in [6.07, 6.45) is 1.77. The fourth-order valence-corrected chi connectivity index (χ4v) is 2.25. The first kappa shape index (κ1) is 16.7. The number of carbonyl (C=O) groups is 1. The number of hydrogen-bond donors (Lipinski definition) is 2. The molecule has 2 N–H and O–H groups in total. The van der Waals surface area contributed by atoms with Crippen molar-refractivity contribution in [1.82, 2.24) is 10.6 Å². The number of carbonyl (C=O) groups excluding carboxylic acids is 1. The highest BCUT2D eigenvalue weighted by molar-refractivity contribution is 5.95. The molecule has 0 saturated carbocycles. The van der Waals surface area contributed by atoms with Gasteiger partial charge in [0, 0.05) is 11.1 Å². The molecule has 20 heavy (non-hydrogen) atoms. The van der Waals surface area contributed by atoms with Crippen LogP contribution in [0.15, 0.2) is 18.2 Å². The second-order valence-electron chi connectivity index (χ2n) is 5.11. The van der Waals surface area contributed by atoms with Gasteiger partial charge >= 0.3 is 0 Å². The molecule has 1 amide bonds. The van der Waals surface area contributed by atoms with Gasteiger partial charge in [-0.25, -0.2) is 4.39 Å². The Bertz CT molecular complexity index is 476. The first-order chi connectivity index (χ1) is 9.04. The second kappa shape index (κ2) is 6.90. The minimum atomic E-state index is -0.466. The molecule has 0 spiro atoms. The number of ether oxygens (including phenoxy) is 1. The number of nitrogens with one attached hydrogen (secondary N) is 2. The summed E-state index contributed by atoms with van der Waals surface area (Å²) < 4.78 is 18.2. The van der Waals surface area contributed by atoms with Crippen molar-refractivity contribution in [3.63, 3.8) is 0 Å². The maximum absolute atomic E-state index is 13.3. The summed E-state index contributed by atoms with van der Waals surface area (Å²) in [5.41, 5.74) is 0.210. The molecule has 0 aromatic heterocycles. The highest BCUT2D eigenvalue weighted by Crippen LogP contribution is 2.21. The van der Waals surface area contributed by atoms with Gasteiger partial charge in [-0.1, -0.05) is 0 Å². The van der Waals surface area contributed by atoms with Gasteiger partial charge in [-0.15, -0.1) is 12.4 Å². The van der Waals surface area contributed by atoms with Gasteiger partial charge < -0.3 is 15.4 Å². The third-order valence-electron chi connectivity index (χ3n) is 3.54. The van der Waals surface area contributed by atoms with Gasteiger partial charge in [0.2, 0.25) is 0 Å². The van der Waals surface area contributed by atoms with Gasteiger partial charge in [-0.3, -0.25) is 4.79 Å². The van der Waals surface area contributed by atoms with E-state index in [1.165, 1.54) is 25.3 Å². The Hall–Kier alpha value is -1.33. The van der Waals surface area contributed by atoms with E-state index in [0.717, 1.165) is 25.9 Å². The lowest BCUT2D eigenvalue weighted by molar-refractivity contribution is 0.0887. The molecule has 1 heterocycles. The van der Waals surface area contributed by atoms with E-state index in [1.54, 1.807) is 0 Å². The summed E-state index contributed by atoms with van der Waals surface area (Å²) in [6.45, 7) is 3.82. The fraction of sp³-hybridized carbons (Fsp3) is 0.500. The highest BCUT2D eigenvalue weighted by Gasteiger charge is 2.28. The molecule has 1 saturated heterocycles. The zero-order chi connectivity index (χ0) is 13.9. The van der Waals surface area contributed by atoms with Crippen molar-refractivity contribution in [3.05, 3.63) is 29.6 Å². The molecule has 112 valence electrons. The van der Waals surface area contributed by atoms with E-state index < -0.39 is 5.82 Å². The van der Waals surface area contributed by atoms with E-state index in [0.29, 0.717) is 5.56 Å². The summed E-state index contributed by atoms with van der Waals surface area (Å²) in [6, 6.07) is 4.14. The van der Waals surface area contributed by atoms with Crippen molar-refractivity contribution in [3.8, 4) is 5.75 Å². The molecule has 1 aliphatic rings. The smallest absolute Gasteiger partial charge is 0.251 e. The summed E-state index contributed by atoms with van der Waals surface area (Å²) in [5.74, 6) is -0.571. The fourth-order valence-electron chi connectivity index (χ4n) is 2.25. The SMILES string of the molecule is COc1cc(C(=O)NC2(C)CCNCC2)ccc1F.Cl. The zero-order valence-electron chi connectivity index (χ0n) is 11.7. The van der Waals surface area contributed by atoms with Crippen molar-refractivity contribution in [1.29, 1.82) is 0 Å². The molecule has 0 bridgehead atoms. The largest absolute Gasteiger partial charge is 0.494 e. The molecule has 0 atom stereocenters. The molecule has 6 heteroatoms. The molecule has 4 nitrogen and oxygen atoms in total. The zero-order valence-corrected chi connectivity index (χ0v) is 12.5. The van der Waals surface area contributed by atoms with Crippen LogP contribution in [0.1, 0.15) is 30.1 Å². The lowest BCUT2D eigenvalue weighted by atomic mass is 9.90. The molecule has 1 fully saturated rings. The second-order valence-corrected chi connectivity index (χ2v) is 5.11. The van der Waals surface area contributed by atoms with Crippen molar-refractivity contribution in [2.75, 3.05) is 20.2 Å². The van der Waals surface area contributed by atoms with Crippen LogP contribution in [0.2, 0.25) is 0 Å². The average Bonchev–Trinajstić information content (AvgIpc) is 2.39. The first-order valence-electron chi connectivity index (χ1n) is 6.41. The molecular formula is C14H20ClFN2O2. The first-order valence-corrected chi connectivity index (χ1v) is 6.41. The number of methoxy groups -OCH3 is 1. The van der Waals surface area contributed by atoms with E-state index in [4.69, 9.17) is 4.74 Å². The van der Waals surface area contributed by atoms with E-state index in [2.05, 4.69) is 10.6 Å². The quantitative estimate of drug-likeness (QED) is 0.899. The van der Waals surface area contributed by atoms with E-state index in [9.17, 15) is 9.18 Å². The molecule has 0 aliphatic carbocycles. The van der Waals surface area contributed by atoms with Crippen LogP contribution in [-0.4, -0.2) is 31.6 Å². The monoisotopic (exact) mass is 302 g/mol. The number of benzene rings is 1. The molecule has 0 unspecified atom stereocenters. The predicted molar refractivity (Wildman–Crippen MR) is 78.2 cm³/mol. The van der Waals surface area contributed by atoms with Gasteiger partial charge in [-0.05, 0) is 51.1 Å². The van der Waals surface area contributed by atoms with Gasteiger partial charge in [0.1, 0.15) is 0 Å². The summed E-state index contributed by atoms with van der Waals surface area (Å²) in [4.78, 5) is 12.2. The topological polar surface area (TPSA) is 50.4 Å². The third kappa shape index (κ3) is 3.84. The van der Waals surface area contributed by atoms with Gasteiger partial charge in [0.15, 0.2) is 11.6 Å². The summed E-state index contributed by atoms with van der Waals surface area (Å²) in [7, 11) is 1.38. The average molecular weight is 303 g/mol. The molecule has 1 aromatic rings. The van der Waals surface area contributed by atoms with Crippen molar-refractivity contribution in [2.45, 2.75) is 25.3 Å². The Kier molecular flexibility index (Phi) is 5.77. The number of halogens is 2. The Balaban J connectivity index is 0.00000200. The maximum atomic E-state index is 13.3. The van der Waals surface area contributed by atoms with Crippen molar-refractivity contribution >= 4 is 18.3 Å². The van der Waals surface area contributed by atoms with Crippen LogP contribution in [0, 0.1) is 5.82 Å². The Morgan fingerprint density at radius 3 is 2.65 bits per heavy atom. The molecule has 1 aliphatic heterocycles. The van der Waals surface area contributed by atoms with Gasteiger partial charge in [0.25, 0.3) is 5.91 Å². The van der Waals surface area contributed by atoms with Crippen LogP contribution in [0.4, 0.5) is 4.39 Å². The van der Waals surface area contributed by atoms with Crippen molar-refractivity contribution in [2.24, 2.45) is 0 Å². The lowest BCUT2D eigenvalue weighted by Crippen LogP contribution is -2.52. The van der Waals surface area contributed by atoms with E-state index in [1.807, 2.05) is 6.92 Å². The normalized spacial score (nSPS) is 16.9. The Morgan fingerprint density at radius 1 is 1.40 bits per heavy atom. The standard InChI is InChI=1S/C14H19FN2O2.ClH/c1-14(5-7-16-8-6-14)17-13(18)10-3-4-11(15)12(9-10)19-2;/h3-4,9,16H,5-8H2,1-2H3,(H,17,18);1H. The van der Waals surface area contributed by atoms with Crippen LogP contribution >= 0.6 is 12.4 Å². The van der Waals surface area contributed by atoms with Gasteiger partial charge in [0.05, 0.1) is 7.11 Å². The van der Waals surface area contributed by atoms with E-state index >= 15 is 0 Å². The maximum Gasteiger partial charge on any atom is 0.251 e. The van der Waals surface area contributed by atoms with Crippen LogP contribution in [0.5, 0.6) is 5.75 Å². The van der Waals surface area contributed by atoms with Crippen LogP contribution < -0.4 is 15.4 Å². The highest BCUT2D eigenvalue weighted by atomic mass is 35.5. The Morgan fingerprint density at radius 2 is 2.05 bits per heavy atom. The van der Waals surface area contributed by atoms with Crippen molar-refractivity contribution < 1.29 is 13.9 Å². The van der Waals surface area contributed by atoms with Crippen LogP contribution in [0.25, 0.3) is 0 Å². The predicted octanol–water partition coefficient (Wildman–Crippen LogP) is 2.13. The van der Waals surface area contributed by atoms with Gasteiger partial charge in [-0.2, -0.15) is 0 Å². The molecule has 2 rings (SSSR count). The number of hydrogen-bond acceptors (Lipinski definition) is 3. The van der Waals surface area contributed by atoms with Crippen LogP contribution in [0.3, 0.4) is 0 Å². The van der Waals surface area contributed by atoms with E-state index in [-0.39, 0.29) is 29.6 Å². The molecule has 0 radical (unpaired) electrons. The van der Waals surface area contributed by atoms with Crippen LogP contribution in [-0.2, 0) is 0 Å². The Labute approximate surface area is 124 Å². The number of amides is 1. The minimum absolute atomic E-state index is 0. The summed E-state index contributed by atoms with van der Waals surface area (Å²) in [5, 5.41) is 6.28. The lowest BCUT2D eigenvalue weighted by Gasteiger charge is -2.35. The minimum Gasteiger partial charge on any atom is -0.494 e. The molecule has 1 aromatic carbocycles.